The zero-order valence-electron chi connectivity index (χ0n) is 10.8. The highest BCUT2D eigenvalue weighted by Gasteiger charge is 2.29. The number of rotatable bonds is 4. The molecule has 0 saturated carbocycles. The molecule has 1 rings (SSSR count). The molecule has 15 heavy (non-hydrogen) atoms. The largest absolute Gasteiger partial charge is 0.353 e. The lowest BCUT2D eigenvalue weighted by atomic mass is 10.1. The van der Waals surface area contributed by atoms with Gasteiger partial charge in [0.25, 0.3) is 0 Å². The van der Waals surface area contributed by atoms with Crippen LogP contribution >= 0.6 is 0 Å². The van der Waals surface area contributed by atoms with Gasteiger partial charge in [0, 0.05) is 13.1 Å². The summed E-state index contributed by atoms with van der Waals surface area (Å²) in [5, 5.41) is 0. The minimum atomic E-state index is 0.412. The smallest absolute Gasteiger partial charge is 0.139 e. The predicted molar refractivity (Wildman–Crippen MR) is 65.5 cm³/mol. The van der Waals surface area contributed by atoms with E-state index in [0.29, 0.717) is 12.3 Å². The number of hydrogen-bond donors (Lipinski definition) is 0. The monoisotopic (exact) mass is 211 g/mol. The lowest BCUT2D eigenvalue weighted by Gasteiger charge is -2.47. The molecule has 0 radical (unpaired) electrons. The van der Waals surface area contributed by atoms with Crippen molar-refractivity contribution in [2.24, 2.45) is 0 Å². The van der Waals surface area contributed by atoms with Crippen LogP contribution in [-0.4, -0.2) is 54.2 Å². The van der Waals surface area contributed by atoms with Crippen molar-refractivity contribution in [3.8, 4) is 0 Å². The van der Waals surface area contributed by atoms with Gasteiger partial charge in [0.15, 0.2) is 0 Å². The molecule has 0 aromatic rings. The quantitative estimate of drug-likeness (QED) is 0.702. The highest BCUT2D eigenvalue weighted by Crippen LogP contribution is 2.19. The van der Waals surface area contributed by atoms with Gasteiger partial charge in [-0.15, -0.1) is 0 Å². The first kappa shape index (κ1) is 12.5. The van der Waals surface area contributed by atoms with E-state index in [0.717, 1.165) is 13.1 Å². The van der Waals surface area contributed by atoms with Crippen molar-refractivity contribution in [2.75, 3.05) is 27.2 Å². The summed E-state index contributed by atoms with van der Waals surface area (Å²) < 4.78 is 0. The van der Waals surface area contributed by atoms with E-state index >= 15 is 0 Å². The molecular formula is C12H25N3. The lowest BCUT2D eigenvalue weighted by molar-refractivity contribution is -0.0440. The standard InChI is InChI=1S/C12H25N3/c1-6-11-9-10-13(4)12(14(11)5)15(7-2)8-3/h9-12H,6-8H2,1-5H3. The summed E-state index contributed by atoms with van der Waals surface area (Å²) in [5.41, 5.74) is 0. The highest BCUT2D eigenvalue weighted by molar-refractivity contribution is 4.99. The second-order valence-electron chi connectivity index (χ2n) is 4.22. The van der Waals surface area contributed by atoms with Crippen LogP contribution in [0.25, 0.3) is 0 Å². The topological polar surface area (TPSA) is 9.72 Å². The van der Waals surface area contributed by atoms with Gasteiger partial charge in [0.2, 0.25) is 0 Å². The fourth-order valence-electron chi connectivity index (χ4n) is 2.40. The van der Waals surface area contributed by atoms with Gasteiger partial charge in [-0.1, -0.05) is 26.8 Å². The van der Waals surface area contributed by atoms with Gasteiger partial charge in [-0.3, -0.25) is 9.80 Å². The SMILES string of the molecule is CCC1C=CN(C)C(N(CC)CC)N1C. The Kier molecular flexibility index (Phi) is 4.61. The van der Waals surface area contributed by atoms with Gasteiger partial charge < -0.3 is 4.90 Å². The summed E-state index contributed by atoms with van der Waals surface area (Å²) >= 11 is 0. The highest BCUT2D eigenvalue weighted by atomic mass is 15.5. The Morgan fingerprint density at radius 3 is 2.20 bits per heavy atom. The van der Waals surface area contributed by atoms with E-state index in [1.54, 1.807) is 0 Å². The summed E-state index contributed by atoms with van der Waals surface area (Å²) in [7, 11) is 4.37. The van der Waals surface area contributed by atoms with Gasteiger partial charge in [0.1, 0.15) is 6.29 Å². The Hall–Kier alpha value is -0.540. The second kappa shape index (κ2) is 5.52. The Balaban J connectivity index is 2.81. The van der Waals surface area contributed by atoms with Crippen LogP contribution in [0.5, 0.6) is 0 Å². The molecule has 0 saturated heterocycles. The fraction of sp³-hybridized carbons (Fsp3) is 0.833. The molecular weight excluding hydrogens is 186 g/mol. The molecule has 0 fully saturated rings. The van der Waals surface area contributed by atoms with E-state index in [2.05, 4.69) is 61.8 Å². The first-order valence-corrected chi connectivity index (χ1v) is 6.01. The molecule has 0 N–H and O–H groups in total. The summed E-state index contributed by atoms with van der Waals surface area (Å²) in [4.78, 5) is 7.22. The van der Waals surface area contributed by atoms with Crippen LogP contribution < -0.4 is 0 Å². The maximum atomic E-state index is 2.48. The van der Waals surface area contributed by atoms with Crippen LogP contribution in [0, 0.1) is 0 Å². The molecule has 1 aliphatic heterocycles. The van der Waals surface area contributed by atoms with Crippen LogP contribution in [-0.2, 0) is 0 Å². The van der Waals surface area contributed by atoms with E-state index in [1.807, 2.05) is 0 Å². The molecule has 2 atom stereocenters. The normalized spacial score (nSPS) is 27.7. The van der Waals surface area contributed by atoms with Crippen LogP contribution in [0.4, 0.5) is 0 Å². The van der Waals surface area contributed by atoms with Crippen molar-refractivity contribution < 1.29 is 0 Å². The van der Waals surface area contributed by atoms with Crippen molar-refractivity contribution in [3.63, 3.8) is 0 Å². The molecule has 1 heterocycles. The average Bonchev–Trinajstić information content (AvgIpc) is 2.24. The Bertz CT molecular complexity index is 211. The van der Waals surface area contributed by atoms with E-state index in [4.69, 9.17) is 0 Å². The van der Waals surface area contributed by atoms with Gasteiger partial charge in [-0.2, -0.15) is 0 Å². The number of likely N-dealkylation sites (N-methyl/N-ethyl adjacent to an activating group) is 1. The molecule has 0 aromatic heterocycles. The Morgan fingerprint density at radius 1 is 1.13 bits per heavy atom. The molecule has 0 aromatic carbocycles. The molecule has 0 spiro atoms. The van der Waals surface area contributed by atoms with Crippen molar-refractivity contribution >= 4 is 0 Å². The summed E-state index contributed by atoms with van der Waals surface area (Å²) in [6.45, 7) is 8.89. The third-order valence-corrected chi connectivity index (χ3v) is 3.35. The van der Waals surface area contributed by atoms with Crippen LogP contribution in [0.2, 0.25) is 0 Å². The molecule has 2 unspecified atom stereocenters. The number of nitrogens with zero attached hydrogens (tertiary/aromatic N) is 3. The van der Waals surface area contributed by atoms with Crippen molar-refractivity contribution in [3.05, 3.63) is 12.3 Å². The van der Waals surface area contributed by atoms with E-state index < -0.39 is 0 Å². The third-order valence-electron chi connectivity index (χ3n) is 3.35. The molecule has 3 nitrogen and oxygen atoms in total. The first-order chi connectivity index (χ1) is 7.15. The maximum absolute atomic E-state index is 2.48. The molecule has 3 heteroatoms. The predicted octanol–water partition coefficient (Wildman–Crippen LogP) is 1.78. The van der Waals surface area contributed by atoms with Gasteiger partial charge in [0.05, 0.1) is 0 Å². The molecule has 0 amide bonds. The van der Waals surface area contributed by atoms with Crippen molar-refractivity contribution in [2.45, 2.75) is 39.5 Å². The molecule has 1 aliphatic rings. The van der Waals surface area contributed by atoms with E-state index in [1.165, 1.54) is 6.42 Å². The summed E-state index contributed by atoms with van der Waals surface area (Å²) in [6.07, 6.45) is 6.10. The zero-order valence-corrected chi connectivity index (χ0v) is 10.8. The van der Waals surface area contributed by atoms with Gasteiger partial charge in [-0.25, -0.2) is 0 Å². The average molecular weight is 211 g/mol. The molecule has 0 aliphatic carbocycles. The second-order valence-corrected chi connectivity index (χ2v) is 4.22. The Labute approximate surface area is 94.3 Å². The fourth-order valence-corrected chi connectivity index (χ4v) is 2.40. The van der Waals surface area contributed by atoms with Gasteiger partial charge in [-0.05, 0) is 32.8 Å². The lowest BCUT2D eigenvalue weighted by Crippen LogP contribution is -2.58. The third kappa shape index (κ3) is 2.52. The van der Waals surface area contributed by atoms with Crippen molar-refractivity contribution in [1.29, 1.82) is 0 Å². The van der Waals surface area contributed by atoms with Crippen LogP contribution in [0.15, 0.2) is 12.3 Å². The number of hydrogen-bond acceptors (Lipinski definition) is 3. The van der Waals surface area contributed by atoms with Crippen molar-refractivity contribution in [1.82, 2.24) is 14.7 Å². The Morgan fingerprint density at radius 2 is 1.73 bits per heavy atom. The summed E-state index contributed by atoms with van der Waals surface area (Å²) in [6, 6.07) is 0.576. The minimum absolute atomic E-state index is 0.412. The molecule has 88 valence electrons. The minimum Gasteiger partial charge on any atom is -0.353 e. The van der Waals surface area contributed by atoms with Gasteiger partial charge >= 0.3 is 0 Å². The maximum Gasteiger partial charge on any atom is 0.139 e. The molecule has 0 bridgehead atoms. The van der Waals surface area contributed by atoms with Crippen LogP contribution in [0.1, 0.15) is 27.2 Å². The summed E-state index contributed by atoms with van der Waals surface area (Å²) in [5.74, 6) is 0. The van der Waals surface area contributed by atoms with E-state index in [-0.39, 0.29) is 0 Å². The van der Waals surface area contributed by atoms with Crippen LogP contribution in [0.3, 0.4) is 0 Å². The van der Waals surface area contributed by atoms with E-state index in [9.17, 15) is 0 Å². The zero-order chi connectivity index (χ0) is 11.4. The first-order valence-electron chi connectivity index (χ1n) is 6.01.